The smallest absolute Gasteiger partial charge is 0.338 e. The molecule has 0 aliphatic carbocycles. The Morgan fingerprint density at radius 3 is 2.90 bits per heavy atom. The number of methoxy groups -OCH3 is 1. The number of ether oxygens (including phenoxy) is 2. The second-order valence-corrected chi connectivity index (χ2v) is 3.91. The van der Waals surface area contributed by atoms with E-state index in [9.17, 15) is 10.0 Å². The van der Waals surface area contributed by atoms with Crippen LogP contribution in [0.5, 0.6) is 5.88 Å². The zero-order valence-corrected chi connectivity index (χ0v) is 11.2. The molecule has 0 atom stereocenters. The summed E-state index contributed by atoms with van der Waals surface area (Å²) in [6.45, 7) is 2.00. The van der Waals surface area contributed by atoms with Gasteiger partial charge in [-0.05, 0) is 13.0 Å². The van der Waals surface area contributed by atoms with Crippen molar-refractivity contribution in [2.75, 3.05) is 13.7 Å². The largest absolute Gasteiger partial charge is 0.618 e. The number of pyridine rings is 2. The lowest BCUT2D eigenvalue weighted by Crippen LogP contribution is -2.29. The van der Waals surface area contributed by atoms with Gasteiger partial charge < -0.3 is 14.7 Å². The van der Waals surface area contributed by atoms with Gasteiger partial charge in [-0.15, -0.1) is 0 Å². The van der Waals surface area contributed by atoms with Crippen LogP contribution in [0.3, 0.4) is 0 Å². The molecular formula is C14H14N2O4. The molecule has 0 bridgehead atoms. The van der Waals surface area contributed by atoms with E-state index in [4.69, 9.17) is 9.47 Å². The number of esters is 1. The van der Waals surface area contributed by atoms with Crippen LogP contribution in [0.4, 0.5) is 0 Å². The van der Waals surface area contributed by atoms with Crippen molar-refractivity contribution in [2.45, 2.75) is 6.92 Å². The summed E-state index contributed by atoms with van der Waals surface area (Å²) in [6, 6.07) is 7.93. The molecule has 0 amide bonds. The van der Waals surface area contributed by atoms with Gasteiger partial charge in [-0.2, -0.15) is 4.73 Å². The van der Waals surface area contributed by atoms with Crippen LogP contribution in [-0.2, 0) is 4.74 Å². The highest BCUT2D eigenvalue weighted by Crippen LogP contribution is 2.17. The van der Waals surface area contributed by atoms with Gasteiger partial charge >= 0.3 is 5.97 Å². The van der Waals surface area contributed by atoms with Crippen molar-refractivity contribution in [1.29, 1.82) is 0 Å². The average molecular weight is 274 g/mol. The molecule has 0 fully saturated rings. The van der Waals surface area contributed by atoms with E-state index in [1.807, 2.05) is 0 Å². The second kappa shape index (κ2) is 6.01. The summed E-state index contributed by atoms with van der Waals surface area (Å²) in [4.78, 5) is 15.9. The number of hydrogen-bond donors (Lipinski definition) is 0. The Kier molecular flexibility index (Phi) is 4.14. The molecular weight excluding hydrogens is 260 g/mol. The van der Waals surface area contributed by atoms with Crippen LogP contribution >= 0.6 is 0 Å². The molecule has 0 radical (unpaired) electrons. The van der Waals surface area contributed by atoms with E-state index in [1.54, 1.807) is 25.1 Å². The second-order valence-electron chi connectivity index (χ2n) is 3.91. The van der Waals surface area contributed by atoms with E-state index in [-0.39, 0.29) is 12.3 Å². The minimum Gasteiger partial charge on any atom is -0.618 e. The van der Waals surface area contributed by atoms with Gasteiger partial charge in [0.2, 0.25) is 11.6 Å². The molecule has 2 aromatic rings. The first kappa shape index (κ1) is 13.8. The summed E-state index contributed by atoms with van der Waals surface area (Å²) in [5.41, 5.74) is 0.985. The molecule has 6 nitrogen and oxygen atoms in total. The molecule has 0 saturated heterocycles. The maximum Gasteiger partial charge on any atom is 0.338 e. The highest BCUT2D eigenvalue weighted by molar-refractivity contribution is 5.90. The first-order valence-corrected chi connectivity index (χ1v) is 6.07. The molecule has 0 unspecified atom stereocenters. The van der Waals surface area contributed by atoms with E-state index < -0.39 is 5.97 Å². The van der Waals surface area contributed by atoms with Gasteiger partial charge in [0, 0.05) is 18.2 Å². The molecule has 0 aliphatic rings. The van der Waals surface area contributed by atoms with Crippen LogP contribution in [0, 0.1) is 5.21 Å². The Hall–Kier alpha value is -2.63. The van der Waals surface area contributed by atoms with Gasteiger partial charge in [0.25, 0.3) is 0 Å². The SMILES string of the molecule is CCOC(=O)c1cc[n+]([O-])c(-c2cccc(OC)n2)c1. The first-order valence-electron chi connectivity index (χ1n) is 6.07. The third kappa shape index (κ3) is 2.85. The van der Waals surface area contributed by atoms with Gasteiger partial charge in [-0.1, -0.05) is 6.07 Å². The summed E-state index contributed by atoms with van der Waals surface area (Å²) in [7, 11) is 1.49. The third-order valence-corrected chi connectivity index (χ3v) is 2.63. The quantitative estimate of drug-likeness (QED) is 0.480. The minimum absolute atomic E-state index is 0.259. The highest BCUT2D eigenvalue weighted by atomic mass is 16.5. The van der Waals surface area contributed by atoms with Crippen molar-refractivity contribution in [3.05, 3.63) is 47.3 Å². The average Bonchev–Trinajstić information content (AvgIpc) is 2.48. The molecule has 6 heteroatoms. The lowest BCUT2D eigenvalue weighted by Gasteiger charge is -2.07. The van der Waals surface area contributed by atoms with Gasteiger partial charge in [0.05, 0.1) is 19.3 Å². The summed E-state index contributed by atoms with van der Waals surface area (Å²) in [5, 5.41) is 11.8. The maximum absolute atomic E-state index is 11.8. The van der Waals surface area contributed by atoms with Crippen LogP contribution < -0.4 is 9.47 Å². The predicted octanol–water partition coefficient (Wildman–Crippen LogP) is 1.57. The lowest BCUT2D eigenvalue weighted by atomic mass is 10.2. The molecule has 20 heavy (non-hydrogen) atoms. The number of carbonyl (C=O) groups is 1. The number of carbonyl (C=O) groups excluding carboxylic acids is 1. The Morgan fingerprint density at radius 2 is 2.20 bits per heavy atom. The van der Waals surface area contributed by atoms with Gasteiger partial charge in [0.1, 0.15) is 5.69 Å². The number of hydrogen-bond acceptors (Lipinski definition) is 5. The monoisotopic (exact) mass is 274 g/mol. The van der Waals surface area contributed by atoms with E-state index in [2.05, 4.69) is 4.98 Å². The lowest BCUT2D eigenvalue weighted by molar-refractivity contribution is -0.593. The highest BCUT2D eigenvalue weighted by Gasteiger charge is 2.16. The summed E-state index contributed by atoms with van der Waals surface area (Å²) >= 11 is 0. The molecule has 0 aliphatic heterocycles. The zero-order valence-electron chi connectivity index (χ0n) is 11.2. The summed E-state index contributed by atoms with van der Waals surface area (Å²) in [6.07, 6.45) is 1.25. The first-order chi connectivity index (χ1) is 9.65. The molecule has 0 saturated carbocycles. The van der Waals surface area contributed by atoms with Crippen LogP contribution in [0.2, 0.25) is 0 Å². The standard InChI is InChI=1S/C14H14N2O4/c1-3-20-14(17)10-7-8-16(18)12(9-10)11-5-4-6-13(15-11)19-2/h4-9H,3H2,1-2H3. The van der Waals surface area contributed by atoms with Gasteiger partial charge in [-0.25, -0.2) is 9.78 Å². The van der Waals surface area contributed by atoms with Crippen LogP contribution in [-0.4, -0.2) is 24.7 Å². The van der Waals surface area contributed by atoms with Crippen LogP contribution in [0.1, 0.15) is 17.3 Å². The molecule has 0 spiro atoms. The van der Waals surface area contributed by atoms with Gasteiger partial charge in [-0.3, -0.25) is 0 Å². The van der Waals surface area contributed by atoms with Crippen molar-refractivity contribution >= 4 is 5.97 Å². The zero-order chi connectivity index (χ0) is 14.5. The fourth-order valence-electron chi connectivity index (χ4n) is 1.69. The van der Waals surface area contributed by atoms with E-state index in [0.717, 1.165) is 0 Å². The maximum atomic E-state index is 11.8. The molecule has 0 N–H and O–H groups in total. The third-order valence-electron chi connectivity index (χ3n) is 2.63. The normalized spacial score (nSPS) is 10.1. The Bertz CT molecular complexity index is 628. The topological polar surface area (TPSA) is 75.4 Å². The minimum atomic E-state index is -0.475. The molecule has 0 aromatic carbocycles. The fourth-order valence-corrected chi connectivity index (χ4v) is 1.69. The van der Waals surface area contributed by atoms with Crippen molar-refractivity contribution in [3.63, 3.8) is 0 Å². The van der Waals surface area contributed by atoms with Crippen molar-refractivity contribution < 1.29 is 19.0 Å². The Labute approximate surface area is 116 Å². The predicted molar refractivity (Wildman–Crippen MR) is 71.1 cm³/mol. The number of rotatable bonds is 4. The summed E-state index contributed by atoms with van der Waals surface area (Å²) < 4.78 is 10.6. The Balaban J connectivity index is 2.44. The van der Waals surface area contributed by atoms with Crippen LogP contribution in [0.25, 0.3) is 11.4 Å². The van der Waals surface area contributed by atoms with Crippen LogP contribution in [0.15, 0.2) is 36.5 Å². The molecule has 2 aromatic heterocycles. The van der Waals surface area contributed by atoms with Crippen molar-refractivity contribution in [2.24, 2.45) is 0 Å². The van der Waals surface area contributed by atoms with Gasteiger partial charge in [0.15, 0.2) is 6.20 Å². The number of aromatic nitrogens is 2. The fraction of sp³-hybridized carbons (Fsp3) is 0.214. The van der Waals surface area contributed by atoms with E-state index in [1.165, 1.54) is 25.4 Å². The Morgan fingerprint density at radius 1 is 1.40 bits per heavy atom. The van der Waals surface area contributed by atoms with Crippen molar-refractivity contribution in [1.82, 2.24) is 4.98 Å². The molecule has 104 valence electrons. The number of nitrogens with zero attached hydrogens (tertiary/aromatic N) is 2. The van der Waals surface area contributed by atoms with Crippen molar-refractivity contribution in [3.8, 4) is 17.3 Å². The molecule has 2 rings (SSSR count). The van der Waals surface area contributed by atoms with E-state index in [0.29, 0.717) is 21.9 Å². The molecule has 2 heterocycles. The summed E-state index contributed by atoms with van der Waals surface area (Å²) in [5.74, 6) is -0.0821. The van der Waals surface area contributed by atoms with E-state index >= 15 is 0 Å².